The Morgan fingerprint density at radius 2 is 1.66 bits per heavy atom. The van der Waals surface area contributed by atoms with Crippen molar-refractivity contribution < 1.29 is 19.4 Å². The fourth-order valence-electron chi connectivity index (χ4n) is 3.97. The molecule has 1 amide bonds. The Morgan fingerprint density at radius 3 is 2.17 bits per heavy atom. The van der Waals surface area contributed by atoms with Crippen LogP contribution < -0.4 is 9.64 Å². The molecule has 0 bridgehead atoms. The number of carbonyl (C=O) groups excluding carboxylic acids is 2. The molecule has 35 heavy (non-hydrogen) atoms. The van der Waals surface area contributed by atoms with Crippen molar-refractivity contribution in [2.24, 2.45) is 0 Å². The lowest BCUT2D eigenvalue weighted by Crippen LogP contribution is -2.29. The van der Waals surface area contributed by atoms with Gasteiger partial charge in [0.15, 0.2) is 0 Å². The topological polar surface area (TPSA) is 92.6 Å². The van der Waals surface area contributed by atoms with Crippen LogP contribution >= 0.6 is 11.3 Å². The molecular formula is C27H29N3O4S. The molecule has 1 aliphatic rings. The zero-order valence-electron chi connectivity index (χ0n) is 20.7. The van der Waals surface area contributed by atoms with E-state index in [4.69, 9.17) is 4.74 Å². The second kappa shape index (κ2) is 9.26. The van der Waals surface area contributed by atoms with Crippen LogP contribution in [0.1, 0.15) is 68.3 Å². The Labute approximate surface area is 209 Å². The monoisotopic (exact) mass is 491 g/mol. The van der Waals surface area contributed by atoms with Crippen LogP contribution in [0.4, 0.5) is 5.13 Å². The first kappa shape index (κ1) is 24.6. The first-order chi connectivity index (χ1) is 16.5. The van der Waals surface area contributed by atoms with Crippen molar-refractivity contribution in [1.29, 1.82) is 0 Å². The number of ether oxygens (including phenoxy) is 1. The summed E-state index contributed by atoms with van der Waals surface area (Å²) in [4.78, 5) is 27.9. The minimum absolute atomic E-state index is 0.0185. The SMILES string of the molecule is COc1ccc(/C(O)=C2\C(=O)C(=O)N(c3nnc(C(C)C)s3)C2c2ccc(C(C)(C)C)cc2)cc1. The molecule has 1 saturated heterocycles. The standard InChI is InChI=1S/C27H29N3O4S/c1-15(2)24-28-29-26(35-24)30-21(16-7-11-18(12-8-16)27(3,4)5)20(23(32)25(30)33)22(31)17-9-13-19(34-6)14-10-17/h7-15,21,31H,1-6H3/b22-20+. The third-order valence-electron chi connectivity index (χ3n) is 6.03. The van der Waals surface area contributed by atoms with E-state index in [0.29, 0.717) is 22.0 Å². The Balaban J connectivity index is 1.89. The largest absolute Gasteiger partial charge is 0.507 e. The molecule has 1 aromatic heterocycles. The smallest absolute Gasteiger partial charge is 0.301 e. The zero-order chi connectivity index (χ0) is 25.5. The van der Waals surface area contributed by atoms with E-state index in [2.05, 4.69) is 31.0 Å². The lowest BCUT2D eigenvalue weighted by atomic mass is 9.85. The highest BCUT2D eigenvalue weighted by Crippen LogP contribution is 2.44. The van der Waals surface area contributed by atoms with Crippen LogP contribution in [-0.4, -0.2) is 34.1 Å². The molecule has 0 radical (unpaired) electrons. The highest BCUT2D eigenvalue weighted by atomic mass is 32.1. The van der Waals surface area contributed by atoms with Gasteiger partial charge in [0.05, 0.1) is 18.7 Å². The average Bonchev–Trinajstić information content (AvgIpc) is 3.41. The second-order valence-electron chi connectivity index (χ2n) is 9.85. The number of carbonyl (C=O) groups is 2. The molecule has 1 N–H and O–H groups in total. The first-order valence-corrected chi connectivity index (χ1v) is 12.2. The molecule has 3 aromatic rings. The fraction of sp³-hybridized carbons (Fsp3) is 0.333. The van der Waals surface area contributed by atoms with Gasteiger partial charge in [0.1, 0.15) is 16.5 Å². The summed E-state index contributed by atoms with van der Waals surface area (Å²) >= 11 is 1.27. The van der Waals surface area contributed by atoms with Crippen molar-refractivity contribution in [2.75, 3.05) is 12.0 Å². The van der Waals surface area contributed by atoms with Gasteiger partial charge < -0.3 is 9.84 Å². The van der Waals surface area contributed by atoms with Crippen molar-refractivity contribution in [2.45, 2.75) is 52.0 Å². The molecule has 1 fully saturated rings. The van der Waals surface area contributed by atoms with Gasteiger partial charge in [-0.15, -0.1) is 10.2 Å². The molecule has 2 aromatic carbocycles. The molecule has 0 saturated carbocycles. The molecule has 2 heterocycles. The molecule has 1 aliphatic heterocycles. The number of hydrogen-bond donors (Lipinski definition) is 1. The highest BCUT2D eigenvalue weighted by Gasteiger charge is 2.48. The van der Waals surface area contributed by atoms with Gasteiger partial charge in [0, 0.05) is 11.5 Å². The van der Waals surface area contributed by atoms with Crippen molar-refractivity contribution in [3.8, 4) is 5.75 Å². The minimum atomic E-state index is -0.834. The molecule has 8 heteroatoms. The van der Waals surface area contributed by atoms with Crippen molar-refractivity contribution in [1.82, 2.24) is 10.2 Å². The number of benzene rings is 2. The van der Waals surface area contributed by atoms with Crippen molar-refractivity contribution >= 4 is 33.9 Å². The third-order valence-corrected chi connectivity index (χ3v) is 7.25. The van der Waals surface area contributed by atoms with E-state index in [9.17, 15) is 14.7 Å². The number of anilines is 1. The van der Waals surface area contributed by atoms with Gasteiger partial charge in [0.25, 0.3) is 5.78 Å². The summed E-state index contributed by atoms with van der Waals surface area (Å²) < 4.78 is 5.20. The van der Waals surface area contributed by atoms with Gasteiger partial charge >= 0.3 is 5.91 Å². The maximum atomic E-state index is 13.3. The van der Waals surface area contributed by atoms with E-state index >= 15 is 0 Å². The molecular weight excluding hydrogens is 462 g/mol. The molecule has 0 aliphatic carbocycles. The van der Waals surface area contributed by atoms with Crippen LogP contribution in [0.5, 0.6) is 5.75 Å². The molecule has 7 nitrogen and oxygen atoms in total. The first-order valence-electron chi connectivity index (χ1n) is 11.4. The van der Waals surface area contributed by atoms with Crippen LogP contribution in [0.15, 0.2) is 54.1 Å². The predicted octanol–water partition coefficient (Wildman–Crippen LogP) is 5.59. The summed E-state index contributed by atoms with van der Waals surface area (Å²) in [5.74, 6) is -0.999. The quantitative estimate of drug-likeness (QED) is 0.284. The summed E-state index contributed by atoms with van der Waals surface area (Å²) in [5, 5.41) is 20.8. The van der Waals surface area contributed by atoms with Crippen LogP contribution in [-0.2, 0) is 15.0 Å². The molecule has 182 valence electrons. The summed E-state index contributed by atoms with van der Waals surface area (Å²) in [6.07, 6.45) is 0. The number of Topliss-reactive ketones (excluding diaryl/α,β-unsaturated/α-hetero) is 1. The normalized spacial score (nSPS) is 17.9. The van der Waals surface area contributed by atoms with Crippen molar-refractivity contribution in [3.63, 3.8) is 0 Å². The van der Waals surface area contributed by atoms with Crippen LogP contribution in [0, 0.1) is 0 Å². The van der Waals surface area contributed by atoms with Gasteiger partial charge in [0.2, 0.25) is 5.13 Å². The highest BCUT2D eigenvalue weighted by molar-refractivity contribution is 7.15. The number of ketones is 1. The van der Waals surface area contributed by atoms with Gasteiger partial charge in [-0.1, -0.05) is 70.2 Å². The summed E-state index contributed by atoms with van der Waals surface area (Å²) in [5.41, 5.74) is 2.19. The number of methoxy groups -OCH3 is 1. The fourth-order valence-corrected chi connectivity index (χ4v) is 4.84. The van der Waals surface area contributed by atoms with Crippen LogP contribution in [0.25, 0.3) is 5.76 Å². The molecule has 1 atom stereocenters. The van der Waals surface area contributed by atoms with E-state index in [1.165, 1.54) is 16.2 Å². The van der Waals surface area contributed by atoms with Crippen molar-refractivity contribution in [3.05, 3.63) is 75.8 Å². The number of nitrogens with zero attached hydrogens (tertiary/aromatic N) is 3. The summed E-state index contributed by atoms with van der Waals surface area (Å²) in [7, 11) is 1.55. The van der Waals surface area contributed by atoms with E-state index in [-0.39, 0.29) is 22.7 Å². The maximum absolute atomic E-state index is 13.3. The Bertz CT molecular complexity index is 1290. The maximum Gasteiger partial charge on any atom is 0.301 e. The van der Waals surface area contributed by atoms with Gasteiger partial charge in [-0.25, -0.2) is 0 Å². The van der Waals surface area contributed by atoms with E-state index in [0.717, 1.165) is 10.6 Å². The Kier molecular flexibility index (Phi) is 6.51. The van der Waals surface area contributed by atoms with E-state index in [1.807, 2.05) is 38.1 Å². The zero-order valence-corrected chi connectivity index (χ0v) is 21.5. The predicted molar refractivity (Wildman–Crippen MR) is 137 cm³/mol. The number of amides is 1. The molecule has 4 rings (SSSR count). The van der Waals surface area contributed by atoms with Gasteiger partial charge in [-0.3, -0.25) is 14.5 Å². The van der Waals surface area contributed by atoms with E-state index in [1.54, 1.807) is 31.4 Å². The molecule has 0 spiro atoms. The summed E-state index contributed by atoms with van der Waals surface area (Å²) in [6, 6.07) is 13.6. The number of hydrogen-bond acceptors (Lipinski definition) is 7. The number of aromatic nitrogens is 2. The number of aliphatic hydroxyl groups is 1. The second-order valence-corrected chi connectivity index (χ2v) is 10.8. The third kappa shape index (κ3) is 4.58. The Morgan fingerprint density at radius 1 is 1.03 bits per heavy atom. The Hall–Kier alpha value is -3.52. The van der Waals surface area contributed by atoms with Gasteiger partial charge in [-0.05, 0) is 40.8 Å². The number of rotatable bonds is 5. The lowest BCUT2D eigenvalue weighted by Gasteiger charge is -2.24. The van der Waals surface area contributed by atoms with Crippen LogP contribution in [0.2, 0.25) is 0 Å². The van der Waals surface area contributed by atoms with Crippen LogP contribution in [0.3, 0.4) is 0 Å². The minimum Gasteiger partial charge on any atom is -0.507 e. The summed E-state index contributed by atoms with van der Waals surface area (Å²) in [6.45, 7) is 10.3. The van der Waals surface area contributed by atoms with E-state index < -0.39 is 17.7 Å². The molecule has 1 unspecified atom stereocenters. The lowest BCUT2D eigenvalue weighted by molar-refractivity contribution is -0.132. The van der Waals surface area contributed by atoms with Gasteiger partial charge in [-0.2, -0.15) is 0 Å². The number of aliphatic hydroxyl groups excluding tert-OH is 1. The average molecular weight is 492 g/mol.